The Labute approximate surface area is 84.7 Å². The topological polar surface area (TPSA) is 12.0 Å². The molecule has 0 aliphatic heterocycles. The second-order valence-corrected chi connectivity index (χ2v) is 3.67. The van der Waals surface area contributed by atoms with Gasteiger partial charge < -0.3 is 5.32 Å². The normalized spacial score (nSPS) is 11.4. The lowest BCUT2D eigenvalue weighted by Crippen LogP contribution is -2.10. The molecular formula is C9H10F3NS. The fraction of sp³-hybridized carbons (Fsp3) is 0.333. The zero-order valence-electron chi connectivity index (χ0n) is 7.56. The minimum Gasteiger partial charge on any atom is -0.387 e. The van der Waals surface area contributed by atoms with Gasteiger partial charge in [0.1, 0.15) is 0 Å². The largest absolute Gasteiger partial charge is 0.398 e. The molecule has 0 aliphatic rings. The maximum absolute atomic E-state index is 11.9. The van der Waals surface area contributed by atoms with Crippen LogP contribution in [0.4, 0.5) is 18.9 Å². The summed E-state index contributed by atoms with van der Waals surface area (Å²) in [6.45, 7) is 0. The van der Waals surface area contributed by atoms with Crippen LogP contribution in [0.5, 0.6) is 0 Å². The van der Waals surface area contributed by atoms with E-state index in [1.807, 2.05) is 0 Å². The first kappa shape index (κ1) is 11.2. The average Bonchev–Trinajstić information content (AvgIpc) is 2.14. The molecule has 78 valence electrons. The third-order valence-corrected chi connectivity index (χ3v) is 2.69. The van der Waals surface area contributed by atoms with Gasteiger partial charge in [0.25, 0.3) is 0 Å². The Balaban J connectivity index is 2.67. The minimum atomic E-state index is -4.12. The molecular weight excluding hydrogens is 211 g/mol. The molecule has 0 saturated heterocycles. The van der Waals surface area contributed by atoms with Crippen molar-refractivity contribution >= 4 is 17.4 Å². The van der Waals surface area contributed by atoms with Gasteiger partial charge in [-0.3, -0.25) is 0 Å². The monoisotopic (exact) mass is 221 g/mol. The van der Waals surface area contributed by atoms with Gasteiger partial charge in [-0.15, -0.1) is 11.8 Å². The van der Waals surface area contributed by atoms with Crippen LogP contribution < -0.4 is 5.32 Å². The fourth-order valence-corrected chi connectivity index (χ4v) is 1.78. The second-order valence-electron chi connectivity index (χ2n) is 2.65. The third kappa shape index (κ3) is 3.49. The standard InChI is InChI=1S/C9H10F3NS/c1-13-7-4-2-3-5-8(7)14-6-9(10,11)12/h2-5,13H,6H2,1H3. The lowest BCUT2D eigenvalue weighted by atomic mass is 10.3. The molecule has 0 spiro atoms. The molecule has 1 N–H and O–H groups in total. The van der Waals surface area contributed by atoms with Gasteiger partial charge in [0.15, 0.2) is 0 Å². The van der Waals surface area contributed by atoms with E-state index in [1.54, 1.807) is 31.3 Å². The second kappa shape index (κ2) is 4.59. The number of nitrogens with one attached hydrogen (secondary N) is 1. The number of halogens is 3. The van der Waals surface area contributed by atoms with Gasteiger partial charge in [-0.2, -0.15) is 13.2 Å². The summed E-state index contributed by atoms with van der Waals surface area (Å²) >= 11 is 0.791. The van der Waals surface area contributed by atoms with E-state index in [4.69, 9.17) is 0 Å². The highest BCUT2D eigenvalue weighted by Crippen LogP contribution is 2.31. The highest BCUT2D eigenvalue weighted by molar-refractivity contribution is 7.99. The first-order valence-corrected chi connectivity index (χ1v) is 4.98. The van der Waals surface area contributed by atoms with Gasteiger partial charge in [-0.25, -0.2) is 0 Å². The van der Waals surface area contributed by atoms with Gasteiger partial charge in [0.2, 0.25) is 0 Å². The Morgan fingerprint density at radius 2 is 1.93 bits per heavy atom. The zero-order chi connectivity index (χ0) is 10.6. The SMILES string of the molecule is CNc1ccccc1SCC(F)(F)F. The van der Waals surface area contributed by atoms with Crippen LogP contribution in [0, 0.1) is 0 Å². The molecule has 14 heavy (non-hydrogen) atoms. The summed E-state index contributed by atoms with van der Waals surface area (Å²) in [4.78, 5) is 0.618. The summed E-state index contributed by atoms with van der Waals surface area (Å²) in [5.74, 6) is -0.855. The number of hydrogen-bond acceptors (Lipinski definition) is 2. The summed E-state index contributed by atoms with van der Waals surface area (Å²) in [5.41, 5.74) is 0.724. The van der Waals surface area contributed by atoms with Crippen molar-refractivity contribution in [1.82, 2.24) is 0 Å². The fourth-order valence-electron chi connectivity index (χ4n) is 0.959. The Bertz CT molecular complexity index is 298. The van der Waals surface area contributed by atoms with Crippen molar-refractivity contribution in [3.8, 4) is 0 Å². The van der Waals surface area contributed by atoms with Crippen LogP contribution in [-0.2, 0) is 0 Å². The van der Waals surface area contributed by atoms with E-state index in [9.17, 15) is 13.2 Å². The molecule has 0 heterocycles. The average molecular weight is 221 g/mol. The molecule has 1 rings (SSSR count). The maximum atomic E-state index is 11.9. The number of anilines is 1. The number of thioether (sulfide) groups is 1. The minimum absolute atomic E-state index is 0.618. The Hall–Kier alpha value is -0.840. The summed E-state index contributed by atoms with van der Waals surface area (Å²) in [6, 6.07) is 6.92. The van der Waals surface area contributed by atoms with Gasteiger partial charge in [0.05, 0.1) is 5.75 Å². The van der Waals surface area contributed by atoms with Crippen LogP contribution in [0.2, 0.25) is 0 Å². The van der Waals surface area contributed by atoms with E-state index >= 15 is 0 Å². The van der Waals surface area contributed by atoms with Gasteiger partial charge in [-0.05, 0) is 12.1 Å². The number of para-hydroxylation sites is 1. The number of alkyl halides is 3. The first-order valence-electron chi connectivity index (χ1n) is 3.99. The molecule has 0 aromatic heterocycles. The van der Waals surface area contributed by atoms with Crippen LogP contribution >= 0.6 is 11.8 Å². The Morgan fingerprint density at radius 1 is 1.29 bits per heavy atom. The van der Waals surface area contributed by atoms with E-state index in [0.717, 1.165) is 17.4 Å². The molecule has 0 amide bonds. The Morgan fingerprint density at radius 3 is 2.50 bits per heavy atom. The molecule has 0 fully saturated rings. The van der Waals surface area contributed by atoms with Gasteiger partial charge >= 0.3 is 6.18 Å². The smallest absolute Gasteiger partial charge is 0.387 e. The lowest BCUT2D eigenvalue weighted by molar-refractivity contribution is -0.105. The molecule has 0 bridgehead atoms. The van der Waals surface area contributed by atoms with Crippen LogP contribution in [0.15, 0.2) is 29.2 Å². The van der Waals surface area contributed by atoms with Crippen molar-refractivity contribution < 1.29 is 13.2 Å². The molecule has 1 aromatic rings. The van der Waals surface area contributed by atoms with Crippen LogP contribution in [0.25, 0.3) is 0 Å². The summed E-state index contributed by atoms with van der Waals surface area (Å²) in [7, 11) is 1.69. The van der Waals surface area contributed by atoms with E-state index in [1.165, 1.54) is 0 Å². The van der Waals surface area contributed by atoms with Crippen molar-refractivity contribution in [3.05, 3.63) is 24.3 Å². The third-order valence-electron chi connectivity index (χ3n) is 1.55. The molecule has 0 atom stereocenters. The van der Waals surface area contributed by atoms with E-state index in [-0.39, 0.29) is 0 Å². The summed E-state index contributed by atoms with van der Waals surface area (Å²) < 4.78 is 35.8. The lowest BCUT2D eigenvalue weighted by Gasteiger charge is -2.09. The van der Waals surface area contributed by atoms with Gasteiger partial charge in [0, 0.05) is 17.6 Å². The van der Waals surface area contributed by atoms with E-state index in [2.05, 4.69) is 5.32 Å². The van der Waals surface area contributed by atoms with Crippen molar-refractivity contribution in [1.29, 1.82) is 0 Å². The van der Waals surface area contributed by atoms with Crippen molar-refractivity contribution in [2.45, 2.75) is 11.1 Å². The maximum Gasteiger partial charge on any atom is 0.398 e. The predicted molar refractivity (Wildman–Crippen MR) is 52.8 cm³/mol. The first-order chi connectivity index (χ1) is 6.53. The highest BCUT2D eigenvalue weighted by Gasteiger charge is 2.27. The Kier molecular flexibility index (Phi) is 3.69. The van der Waals surface area contributed by atoms with Crippen molar-refractivity contribution in [2.24, 2.45) is 0 Å². The molecule has 0 aliphatic carbocycles. The predicted octanol–water partition coefficient (Wildman–Crippen LogP) is 3.38. The summed E-state index contributed by atoms with van der Waals surface area (Å²) in [5, 5.41) is 2.84. The molecule has 1 aromatic carbocycles. The van der Waals surface area contributed by atoms with Crippen molar-refractivity contribution in [3.63, 3.8) is 0 Å². The number of rotatable bonds is 3. The molecule has 0 radical (unpaired) electrons. The zero-order valence-corrected chi connectivity index (χ0v) is 8.38. The van der Waals surface area contributed by atoms with Crippen LogP contribution in [0.1, 0.15) is 0 Å². The quantitative estimate of drug-likeness (QED) is 0.785. The molecule has 0 saturated carbocycles. The molecule has 1 nitrogen and oxygen atoms in total. The number of benzene rings is 1. The molecule has 0 unspecified atom stereocenters. The van der Waals surface area contributed by atoms with Crippen LogP contribution in [-0.4, -0.2) is 19.0 Å². The highest BCUT2D eigenvalue weighted by atomic mass is 32.2. The summed E-state index contributed by atoms with van der Waals surface area (Å²) in [6.07, 6.45) is -4.12. The van der Waals surface area contributed by atoms with Crippen LogP contribution in [0.3, 0.4) is 0 Å². The van der Waals surface area contributed by atoms with Gasteiger partial charge in [-0.1, -0.05) is 12.1 Å². The van der Waals surface area contributed by atoms with E-state index < -0.39 is 11.9 Å². The van der Waals surface area contributed by atoms with Crippen molar-refractivity contribution in [2.75, 3.05) is 18.1 Å². The number of hydrogen-bond donors (Lipinski definition) is 1. The molecule has 5 heteroatoms. The van der Waals surface area contributed by atoms with E-state index in [0.29, 0.717) is 4.90 Å².